The zero-order chi connectivity index (χ0) is 26.6. The lowest BCUT2D eigenvalue weighted by Gasteiger charge is -2.34. The molecule has 3 amide bonds. The van der Waals surface area contributed by atoms with E-state index in [4.69, 9.17) is 4.74 Å². The molecule has 194 valence electrons. The Hall–Kier alpha value is -3.00. The van der Waals surface area contributed by atoms with E-state index in [-0.39, 0.29) is 23.6 Å². The fourth-order valence-corrected chi connectivity index (χ4v) is 4.32. The minimum atomic E-state index is -0.940. The van der Waals surface area contributed by atoms with Crippen LogP contribution in [0.1, 0.15) is 61.9 Å². The molecule has 0 aromatic heterocycles. The lowest BCUT2D eigenvalue weighted by molar-refractivity contribution is -0.141. The average Bonchev–Trinajstić information content (AvgIpc) is 3.62. The Kier molecular flexibility index (Phi) is 8.71. The molecule has 0 bridgehead atoms. The number of nitrogens with zero attached hydrogens (tertiary/aromatic N) is 1. The number of hydrogen-bond donors (Lipinski definition) is 3. The van der Waals surface area contributed by atoms with Crippen LogP contribution in [0.3, 0.4) is 0 Å². The minimum Gasteiger partial charge on any atom is -0.444 e. The highest BCUT2D eigenvalue weighted by molar-refractivity contribution is 7.80. The van der Waals surface area contributed by atoms with Crippen molar-refractivity contribution in [3.05, 3.63) is 64.7 Å². The fourth-order valence-electron chi connectivity index (χ4n) is 4.08. The third-order valence-corrected chi connectivity index (χ3v) is 6.38. The number of alkyl carbamates (subject to hydrolysis) is 1. The van der Waals surface area contributed by atoms with Crippen LogP contribution in [0, 0.1) is 20.8 Å². The van der Waals surface area contributed by atoms with Gasteiger partial charge in [0.1, 0.15) is 17.7 Å². The predicted molar refractivity (Wildman–Crippen MR) is 145 cm³/mol. The smallest absolute Gasteiger partial charge is 0.408 e. The van der Waals surface area contributed by atoms with Gasteiger partial charge in [0.25, 0.3) is 5.91 Å². The first kappa shape index (κ1) is 27.6. The molecular weight excluding hydrogens is 474 g/mol. The monoisotopic (exact) mass is 511 g/mol. The van der Waals surface area contributed by atoms with Gasteiger partial charge in [-0.1, -0.05) is 48.0 Å². The lowest BCUT2D eigenvalue weighted by Crippen LogP contribution is -2.54. The number of para-hydroxylation sites is 1. The highest BCUT2D eigenvalue weighted by Gasteiger charge is 2.44. The second-order valence-corrected chi connectivity index (χ2v) is 10.8. The van der Waals surface area contributed by atoms with Crippen molar-refractivity contribution in [1.82, 2.24) is 10.2 Å². The van der Waals surface area contributed by atoms with Crippen LogP contribution in [-0.4, -0.2) is 46.2 Å². The maximum Gasteiger partial charge on any atom is 0.408 e. The second kappa shape index (κ2) is 11.4. The Morgan fingerprint density at radius 2 is 1.61 bits per heavy atom. The second-order valence-electron chi connectivity index (χ2n) is 10.4. The summed E-state index contributed by atoms with van der Waals surface area (Å²) in [5.41, 5.74) is 3.67. The molecule has 8 heteroatoms. The molecule has 2 unspecified atom stereocenters. The van der Waals surface area contributed by atoms with Crippen LogP contribution < -0.4 is 10.6 Å². The summed E-state index contributed by atoms with van der Waals surface area (Å²) in [5, 5.41) is 5.72. The summed E-state index contributed by atoms with van der Waals surface area (Å²) in [6.07, 6.45) is 0.880. The van der Waals surface area contributed by atoms with Gasteiger partial charge in [-0.2, -0.15) is 12.6 Å². The predicted octanol–water partition coefficient (Wildman–Crippen LogP) is 5.11. The van der Waals surface area contributed by atoms with Crippen molar-refractivity contribution < 1.29 is 19.1 Å². The summed E-state index contributed by atoms with van der Waals surface area (Å²) in [6, 6.07) is 11.5. The van der Waals surface area contributed by atoms with Gasteiger partial charge >= 0.3 is 6.09 Å². The number of carbonyl (C=O) groups excluding carboxylic acids is 3. The standard InChI is InChI=1S/C28H37N3O4S/c1-17-10-12-20(13-11-17)24(25(32)30-23-18(2)8-7-9-19(23)3)31(21-14-15-21)26(33)22(16-36)29-27(34)35-28(4,5)6/h7-13,21-22,24,36H,14-16H2,1-6H3,(H,29,34)(H,30,32). The Bertz CT molecular complexity index is 1090. The number of amides is 3. The van der Waals surface area contributed by atoms with E-state index in [9.17, 15) is 14.4 Å². The number of carbonyl (C=O) groups is 3. The number of nitrogens with one attached hydrogen (secondary N) is 2. The van der Waals surface area contributed by atoms with E-state index in [0.717, 1.165) is 35.2 Å². The number of benzene rings is 2. The third-order valence-electron chi connectivity index (χ3n) is 6.02. The molecule has 0 spiro atoms. The number of ether oxygens (including phenoxy) is 1. The molecule has 2 N–H and O–H groups in total. The molecule has 0 heterocycles. The van der Waals surface area contributed by atoms with Gasteiger partial charge in [0.15, 0.2) is 0 Å². The number of anilines is 1. The maximum atomic E-state index is 13.9. The van der Waals surface area contributed by atoms with Crippen LogP contribution in [-0.2, 0) is 14.3 Å². The Morgan fingerprint density at radius 3 is 2.11 bits per heavy atom. The molecule has 7 nitrogen and oxygen atoms in total. The van der Waals surface area contributed by atoms with Crippen molar-refractivity contribution in [2.45, 2.75) is 78.1 Å². The van der Waals surface area contributed by atoms with Crippen LogP contribution in [0.25, 0.3) is 0 Å². The van der Waals surface area contributed by atoms with E-state index in [1.165, 1.54) is 0 Å². The van der Waals surface area contributed by atoms with E-state index in [2.05, 4.69) is 23.3 Å². The highest BCUT2D eigenvalue weighted by atomic mass is 32.1. The lowest BCUT2D eigenvalue weighted by atomic mass is 10.0. The number of thiol groups is 1. The molecule has 1 saturated carbocycles. The van der Waals surface area contributed by atoms with Crippen molar-refractivity contribution >= 4 is 36.2 Å². The van der Waals surface area contributed by atoms with E-state index < -0.39 is 23.8 Å². The molecule has 2 atom stereocenters. The van der Waals surface area contributed by atoms with Crippen molar-refractivity contribution in [3.63, 3.8) is 0 Å². The van der Waals surface area contributed by atoms with E-state index in [0.29, 0.717) is 5.56 Å². The summed E-state index contributed by atoms with van der Waals surface area (Å²) < 4.78 is 5.35. The van der Waals surface area contributed by atoms with Crippen molar-refractivity contribution in [2.75, 3.05) is 11.1 Å². The number of rotatable bonds is 8. The fraction of sp³-hybridized carbons (Fsp3) is 0.464. The number of aryl methyl sites for hydroxylation is 3. The van der Waals surface area contributed by atoms with Crippen LogP contribution in [0.5, 0.6) is 0 Å². The molecule has 1 fully saturated rings. The largest absolute Gasteiger partial charge is 0.444 e. The zero-order valence-corrected chi connectivity index (χ0v) is 22.8. The number of hydrogen-bond acceptors (Lipinski definition) is 5. The topological polar surface area (TPSA) is 87.7 Å². The SMILES string of the molecule is Cc1ccc(C(C(=O)Nc2c(C)cccc2C)N(C(=O)C(CS)NC(=O)OC(C)(C)C)C2CC2)cc1. The van der Waals surface area contributed by atoms with Gasteiger partial charge in [-0.25, -0.2) is 4.79 Å². The molecule has 0 saturated heterocycles. The summed E-state index contributed by atoms with van der Waals surface area (Å²) in [4.78, 5) is 41.8. The van der Waals surface area contributed by atoms with Crippen molar-refractivity contribution in [3.8, 4) is 0 Å². The van der Waals surface area contributed by atoms with E-state index in [1.807, 2.05) is 63.2 Å². The van der Waals surface area contributed by atoms with E-state index >= 15 is 0 Å². The molecule has 1 aliphatic carbocycles. The van der Waals surface area contributed by atoms with Crippen LogP contribution in [0.15, 0.2) is 42.5 Å². The van der Waals surface area contributed by atoms with Gasteiger partial charge in [-0.3, -0.25) is 9.59 Å². The normalized spacial score (nSPS) is 15.0. The summed E-state index contributed by atoms with van der Waals surface area (Å²) in [6.45, 7) is 11.1. The van der Waals surface area contributed by atoms with Crippen molar-refractivity contribution in [2.24, 2.45) is 0 Å². The van der Waals surface area contributed by atoms with Gasteiger partial charge in [-0.05, 0) is 71.1 Å². The quantitative estimate of drug-likeness (QED) is 0.430. The highest BCUT2D eigenvalue weighted by Crippen LogP contribution is 2.36. The molecule has 3 rings (SSSR count). The Labute approximate surface area is 219 Å². The maximum absolute atomic E-state index is 13.9. The molecule has 0 aliphatic heterocycles. The van der Waals surface area contributed by atoms with Crippen LogP contribution >= 0.6 is 12.6 Å². The van der Waals surface area contributed by atoms with Gasteiger partial charge < -0.3 is 20.3 Å². The zero-order valence-electron chi connectivity index (χ0n) is 21.9. The third kappa shape index (κ3) is 7.03. The molecule has 0 radical (unpaired) electrons. The van der Waals surface area contributed by atoms with Gasteiger partial charge in [-0.15, -0.1) is 0 Å². The first-order valence-electron chi connectivity index (χ1n) is 12.3. The first-order chi connectivity index (χ1) is 16.9. The van der Waals surface area contributed by atoms with Gasteiger partial charge in [0.2, 0.25) is 5.91 Å². The van der Waals surface area contributed by atoms with Crippen LogP contribution in [0.2, 0.25) is 0 Å². The Morgan fingerprint density at radius 1 is 1.03 bits per heavy atom. The van der Waals surface area contributed by atoms with Crippen LogP contribution in [0.4, 0.5) is 10.5 Å². The molecule has 2 aromatic rings. The van der Waals surface area contributed by atoms with E-state index in [1.54, 1.807) is 25.7 Å². The summed E-state index contributed by atoms with van der Waals surface area (Å²) in [7, 11) is 0. The summed E-state index contributed by atoms with van der Waals surface area (Å²) in [5.74, 6) is -0.590. The molecule has 2 aromatic carbocycles. The first-order valence-corrected chi connectivity index (χ1v) is 12.9. The molecule has 1 aliphatic rings. The van der Waals surface area contributed by atoms with Gasteiger partial charge in [0.05, 0.1) is 0 Å². The van der Waals surface area contributed by atoms with Gasteiger partial charge in [0, 0.05) is 17.5 Å². The minimum absolute atomic E-state index is 0.0699. The average molecular weight is 512 g/mol. The Balaban J connectivity index is 1.97. The summed E-state index contributed by atoms with van der Waals surface area (Å²) >= 11 is 4.33. The molecule has 36 heavy (non-hydrogen) atoms. The molecular formula is C28H37N3O4S. The van der Waals surface area contributed by atoms with Crippen molar-refractivity contribution in [1.29, 1.82) is 0 Å².